The molecule has 0 bridgehead atoms. The van der Waals surface area contributed by atoms with Crippen molar-refractivity contribution in [2.45, 2.75) is 10.8 Å². The third-order valence-electron chi connectivity index (χ3n) is 24.4. The van der Waals surface area contributed by atoms with Gasteiger partial charge in [-0.15, -0.1) is 11.3 Å². The molecule has 0 saturated carbocycles. The summed E-state index contributed by atoms with van der Waals surface area (Å²) in [4.78, 5) is 4.80. The van der Waals surface area contributed by atoms with E-state index in [0.717, 1.165) is 67.2 Å². The van der Waals surface area contributed by atoms with Crippen LogP contribution in [0.25, 0.3) is 120 Å². The summed E-state index contributed by atoms with van der Waals surface area (Å²) in [6, 6.07) is 168. The van der Waals surface area contributed by atoms with Crippen LogP contribution in [0.1, 0.15) is 44.5 Å². The van der Waals surface area contributed by atoms with Gasteiger partial charge in [0.2, 0.25) is 0 Å². The van der Waals surface area contributed by atoms with Crippen molar-refractivity contribution < 1.29 is 4.42 Å². The first-order chi connectivity index (χ1) is 58.5. The Labute approximate surface area is 690 Å². The molecule has 0 saturated heterocycles. The summed E-state index contributed by atoms with van der Waals surface area (Å²) in [5.41, 5.74) is 32.1. The highest BCUT2D eigenvalue weighted by Gasteiger charge is 2.49. The number of thiophene rings is 1. The molecule has 23 rings (SSSR count). The second kappa shape index (κ2) is 29.2. The Morgan fingerprint density at radius 3 is 1.24 bits per heavy atom. The monoisotopic (exact) mass is 1520 g/mol. The summed E-state index contributed by atoms with van der Waals surface area (Å²) in [7, 11) is 0. The fourth-order valence-corrected chi connectivity index (χ4v) is 20.4. The first-order valence-corrected chi connectivity index (χ1v) is 41.4. The molecule has 21 aromatic rings. The molecule has 2 aliphatic rings. The highest BCUT2D eigenvalue weighted by atomic mass is 32.1. The Morgan fingerprint density at radius 1 is 0.212 bits per heavy atom. The molecule has 0 amide bonds. The first kappa shape index (κ1) is 69.7. The van der Waals surface area contributed by atoms with Crippen molar-refractivity contribution in [3.8, 4) is 66.8 Å². The van der Waals surface area contributed by atoms with Crippen LogP contribution in [-0.4, -0.2) is 0 Å². The second-order valence-corrected chi connectivity index (χ2v) is 32.0. The fraction of sp³-hybridized carbons (Fsp3) is 0.0175. The van der Waals surface area contributed by atoms with E-state index in [1.807, 2.05) is 11.3 Å². The normalized spacial score (nSPS) is 13.5. The summed E-state index contributed by atoms with van der Waals surface area (Å²) < 4.78 is 9.59. The van der Waals surface area contributed by atoms with Gasteiger partial charge in [0.1, 0.15) is 11.2 Å². The Hall–Kier alpha value is -14.9. The summed E-state index contributed by atoms with van der Waals surface area (Å²) in [5, 5.41) is 7.19. The molecular formula is C114H76N2OS. The van der Waals surface area contributed by atoms with Gasteiger partial charge < -0.3 is 14.2 Å². The Kier molecular flexibility index (Phi) is 17.2. The molecule has 2 heterocycles. The molecule has 19 aromatic carbocycles. The number of para-hydroxylation sites is 1. The topological polar surface area (TPSA) is 19.6 Å². The van der Waals surface area contributed by atoms with Crippen molar-refractivity contribution in [2.75, 3.05) is 9.80 Å². The molecule has 0 radical (unpaired) electrons. The average molecular weight is 1520 g/mol. The van der Waals surface area contributed by atoms with Gasteiger partial charge in [-0.3, -0.25) is 0 Å². The molecule has 4 heteroatoms. The van der Waals surface area contributed by atoms with Crippen LogP contribution >= 0.6 is 11.3 Å². The molecule has 1 unspecified atom stereocenters. The number of hydrogen-bond donors (Lipinski definition) is 0. The third-order valence-corrected chi connectivity index (χ3v) is 25.5. The minimum absolute atomic E-state index is 0.422. The van der Waals surface area contributed by atoms with Crippen molar-refractivity contribution in [2.24, 2.45) is 0 Å². The number of benzene rings is 19. The number of anilines is 6. The number of nitrogens with zero attached hydrogens (tertiary/aromatic N) is 2. The molecule has 3 nitrogen and oxygen atoms in total. The predicted molar refractivity (Wildman–Crippen MR) is 496 cm³/mol. The standard InChI is InChI=1S/C59H39NO.C55H37NS/c1-5-18-40(19-6-1)43-36-44(41-20-7-2-8-21-41)38-48(37-43)60(47-25-11-4-12-26-47)54-30-17-31-55-57(54)52-35-33-46(39-56(52)61-55)59(45-23-9-3-10-24-45)53-29-16-15-28-50(53)51-34-32-42-22-13-14-27-49(42)58(51)59;1-4-16-38(17-5-1)40-20-14-24-44(34-40)56(45-25-15-21-41(35-45)39-18-6-2-7-19-39)46-31-33-53-50(37-46)49-32-30-43(36-54(49)57-53)55(42-22-8-3-9-23-42)51-28-12-10-26-47(51)48-27-11-13-29-52(48)55/h1-39H;1-37H. The minimum atomic E-state index is -0.578. The number of fused-ring (bicyclic) bond motifs is 14. The highest BCUT2D eigenvalue weighted by molar-refractivity contribution is 7.25. The lowest BCUT2D eigenvalue weighted by Crippen LogP contribution is -2.28. The van der Waals surface area contributed by atoms with Crippen LogP contribution in [-0.2, 0) is 10.8 Å². The predicted octanol–water partition coefficient (Wildman–Crippen LogP) is 31.1. The molecule has 0 spiro atoms. The minimum Gasteiger partial charge on any atom is -0.456 e. The van der Waals surface area contributed by atoms with Gasteiger partial charge in [-0.1, -0.05) is 364 Å². The molecule has 118 heavy (non-hydrogen) atoms. The van der Waals surface area contributed by atoms with E-state index >= 15 is 0 Å². The molecule has 2 aromatic heterocycles. The van der Waals surface area contributed by atoms with Crippen LogP contribution in [0, 0.1) is 0 Å². The highest BCUT2D eigenvalue weighted by Crippen LogP contribution is 2.61. The number of furan rings is 1. The van der Waals surface area contributed by atoms with Gasteiger partial charge in [-0.2, -0.15) is 0 Å². The van der Waals surface area contributed by atoms with Gasteiger partial charge in [0, 0.05) is 54.0 Å². The third kappa shape index (κ3) is 11.6. The maximum absolute atomic E-state index is 7.02. The lowest BCUT2D eigenvalue weighted by Gasteiger charge is -2.34. The van der Waals surface area contributed by atoms with Gasteiger partial charge >= 0.3 is 0 Å². The lowest BCUT2D eigenvalue weighted by molar-refractivity contribution is 0.666. The van der Waals surface area contributed by atoms with Crippen molar-refractivity contribution in [3.63, 3.8) is 0 Å². The van der Waals surface area contributed by atoms with Crippen LogP contribution in [0.4, 0.5) is 34.1 Å². The van der Waals surface area contributed by atoms with E-state index in [1.54, 1.807) is 0 Å². The van der Waals surface area contributed by atoms with Crippen LogP contribution < -0.4 is 9.80 Å². The van der Waals surface area contributed by atoms with Crippen molar-refractivity contribution >= 4 is 98.3 Å². The molecule has 0 N–H and O–H groups in total. The van der Waals surface area contributed by atoms with E-state index in [9.17, 15) is 0 Å². The van der Waals surface area contributed by atoms with Gasteiger partial charge in [0.15, 0.2) is 0 Å². The quantitative estimate of drug-likeness (QED) is 0.108. The summed E-state index contributed by atoms with van der Waals surface area (Å²) in [6.07, 6.45) is 0. The molecule has 0 fully saturated rings. The van der Waals surface area contributed by atoms with E-state index in [0.29, 0.717) is 0 Å². The van der Waals surface area contributed by atoms with E-state index in [2.05, 4.69) is 471 Å². The van der Waals surface area contributed by atoms with Crippen LogP contribution in [0.3, 0.4) is 0 Å². The zero-order chi connectivity index (χ0) is 78.1. The molecular weight excluding hydrogens is 1450 g/mol. The van der Waals surface area contributed by atoms with Gasteiger partial charge in [-0.05, 0) is 219 Å². The Balaban J connectivity index is 0.000000143. The largest absolute Gasteiger partial charge is 0.456 e. The molecule has 2 aliphatic carbocycles. The van der Waals surface area contributed by atoms with Gasteiger partial charge in [-0.25, -0.2) is 0 Å². The summed E-state index contributed by atoms with van der Waals surface area (Å²) in [6.45, 7) is 0. The van der Waals surface area contributed by atoms with E-state index < -0.39 is 10.8 Å². The first-order valence-electron chi connectivity index (χ1n) is 40.6. The fourth-order valence-electron chi connectivity index (χ4n) is 19.3. The Morgan fingerprint density at radius 2 is 0.653 bits per heavy atom. The van der Waals surface area contributed by atoms with Crippen LogP contribution in [0.2, 0.25) is 0 Å². The SMILES string of the molecule is c1ccc(-c2cc(-c3ccccc3)cc(N(c3ccccc3)c3cccc4oc5cc(C6(c7ccccc7)c7ccccc7-c7ccc8ccccc8c76)ccc5c34)c2)cc1.c1ccc(-c2cccc(N(c3cccc(-c4ccccc4)c3)c3ccc4sc5cc(C6(c7ccccc7)c7ccccc7-c7ccccc76)ccc5c4c3)c2)cc1. The zero-order valence-electron chi connectivity index (χ0n) is 64.6. The molecule has 554 valence electrons. The van der Waals surface area contributed by atoms with E-state index in [1.165, 1.54) is 131 Å². The van der Waals surface area contributed by atoms with Gasteiger partial charge in [0.25, 0.3) is 0 Å². The maximum Gasteiger partial charge on any atom is 0.137 e. The lowest BCUT2D eigenvalue weighted by atomic mass is 9.66. The number of rotatable bonds is 14. The van der Waals surface area contributed by atoms with Crippen molar-refractivity contribution in [1.82, 2.24) is 0 Å². The summed E-state index contributed by atoms with van der Waals surface area (Å²) >= 11 is 1.88. The van der Waals surface area contributed by atoms with Crippen molar-refractivity contribution in [1.29, 1.82) is 0 Å². The van der Waals surface area contributed by atoms with E-state index in [4.69, 9.17) is 4.42 Å². The smallest absolute Gasteiger partial charge is 0.137 e. The van der Waals surface area contributed by atoms with Gasteiger partial charge in [0.05, 0.1) is 21.9 Å². The average Bonchev–Trinajstić information content (AvgIpc) is 1.53. The zero-order valence-corrected chi connectivity index (χ0v) is 65.4. The second-order valence-electron chi connectivity index (χ2n) is 30.9. The van der Waals surface area contributed by atoms with Crippen molar-refractivity contribution in [3.05, 3.63) is 506 Å². The van der Waals surface area contributed by atoms with Crippen LogP contribution in [0.15, 0.2) is 465 Å². The summed E-state index contributed by atoms with van der Waals surface area (Å²) in [5.74, 6) is 0. The van der Waals surface area contributed by atoms with E-state index in [-0.39, 0.29) is 0 Å². The Bertz CT molecular complexity index is 7180. The number of hydrogen-bond acceptors (Lipinski definition) is 4. The van der Waals surface area contributed by atoms with Crippen LogP contribution in [0.5, 0.6) is 0 Å². The molecule has 1 atom stereocenters. The molecule has 0 aliphatic heterocycles. The maximum atomic E-state index is 7.02.